The summed E-state index contributed by atoms with van der Waals surface area (Å²) in [6.45, 7) is 0. The van der Waals surface area contributed by atoms with Crippen LogP contribution in [0.5, 0.6) is 0 Å². The molecule has 0 saturated carbocycles. The summed E-state index contributed by atoms with van der Waals surface area (Å²) in [5.41, 5.74) is 0. The number of hydrogen-bond donors (Lipinski definition) is 0. The third-order valence-corrected chi connectivity index (χ3v) is 0.851. The lowest BCUT2D eigenvalue weighted by Crippen LogP contribution is -1.94. The molecule has 0 spiro atoms. The van der Waals surface area contributed by atoms with E-state index < -0.39 is 0 Å². The Hall–Kier alpha value is -0.990. The molecule has 0 amide bonds. The van der Waals surface area contributed by atoms with Gasteiger partial charge in [0, 0.05) is 6.08 Å². The fraction of sp³-hybridized carbons (Fsp3) is 0.400. The van der Waals surface area contributed by atoms with Gasteiger partial charge in [0.1, 0.15) is 0 Å². The van der Waals surface area contributed by atoms with E-state index in [2.05, 4.69) is 9.47 Å². The second-order valence-corrected chi connectivity index (χ2v) is 1.41. The van der Waals surface area contributed by atoms with E-state index in [0.717, 1.165) is 0 Å². The Balaban J connectivity index is 2.49. The Labute approximate surface area is 46.9 Å². The minimum atomic E-state index is -0.248. The highest BCUT2D eigenvalue weighted by atomic mass is 16.7. The van der Waals surface area contributed by atoms with E-state index in [1.165, 1.54) is 7.11 Å². The van der Waals surface area contributed by atoms with E-state index in [1.807, 2.05) is 0 Å². The summed E-state index contributed by atoms with van der Waals surface area (Å²) in [5.74, 6) is 0.0665. The molecule has 8 heavy (non-hydrogen) atoms. The molecule has 0 aromatic carbocycles. The van der Waals surface area contributed by atoms with Crippen LogP contribution < -0.4 is 0 Å². The second-order valence-electron chi connectivity index (χ2n) is 1.41. The molecular weight excluding hydrogens is 108 g/mol. The number of esters is 1. The maximum atomic E-state index is 10.3. The van der Waals surface area contributed by atoms with Crippen LogP contribution in [0, 0.1) is 0 Å². The summed E-state index contributed by atoms with van der Waals surface area (Å²) in [5, 5.41) is 0. The van der Waals surface area contributed by atoms with Crippen LogP contribution in [0.1, 0.15) is 6.42 Å². The fourth-order valence-corrected chi connectivity index (χ4v) is 0.487. The SMILES string of the molecule is COC1=CCC(=O)O1. The van der Waals surface area contributed by atoms with Crippen LogP contribution in [0.4, 0.5) is 0 Å². The van der Waals surface area contributed by atoms with Crippen molar-refractivity contribution in [1.29, 1.82) is 0 Å². The Morgan fingerprint density at radius 3 is 2.88 bits per heavy atom. The number of ether oxygens (including phenoxy) is 2. The summed E-state index contributed by atoms with van der Waals surface area (Å²) in [7, 11) is 1.46. The molecule has 0 unspecified atom stereocenters. The van der Waals surface area contributed by atoms with E-state index in [9.17, 15) is 4.79 Å². The monoisotopic (exact) mass is 114 g/mol. The topological polar surface area (TPSA) is 35.5 Å². The Bertz CT molecular complexity index is 137. The van der Waals surface area contributed by atoms with Gasteiger partial charge < -0.3 is 9.47 Å². The first-order valence-corrected chi connectivity index (χ1v) is 2.28. The van der Waals surface area contributed by atoms with E-state index in [4.69, 9.17) is 0 Å². The smallest absolute Gasteiger partial charge is 0.317 e. The average Bonchev–Trinajstić information content (AvgIpc) is 2.14. The highest BCUT2D eigenvalue weighted by Gasteiger charge is 2.13. The predicted molar refractivity (Wildman–Crippen MR) is 25.8 cm³/mol. The Morgan fingerprint density at radius 2 is 2.62 bits per heavy atom. The van der Waals surface area contributed by atoms with E-state index in [1.54, 1.807) is 6.08 Å². The Morgan fingerprint density at radius 1 is 1.88 bits per heavy atom. The molecule has 0 bridgehead atoms. The molecule has 44 valence electrons. The molecule has 3 heteroatoms. The first-order chi connectivity index (χ1) is 3.83. The summed E-state index contributed by atoms with van der Waals surface area (Å²) in [4.78, 5) is 10.3. The van der Waals surface area contributed by atoms with Gasteiger partial charge in [-0.2, -0.15) is 0 Å². The van der Waals surface area contributed by atoms with Crippen molar-refractivity contribution in [3.63, 3.8) is 0 Å². The van der Waals surface area contributed by atoms with Gasteiger partial charge in [-0.15, -0.1) is 0 Å². The Kier molecular flexibility index (Phi) is 1.20. The first kappa shape index (κ1) is 5.15. The number of cyclic esters (lactones) is 1. The van der Waals surface area contributed by atoms with E-state index >= 15 is 0 Å². The van der Waals surface area contributed by atoms with Crippen LogP contribution in [-0.2, 0) is 14.3 Å². The molecule has 3 nitrogen and oxygen atoms in total. The number of rotatable bonds is 1. The van der Waals surface area contributed by atoms with Crippen LogP contribution in [0.25, 0.3) is 0 Å². The van der Waals surface area contributed by atoms with Gasteiger partial charge in [0.25, 0.3) is 5.95 Å². The number of methoxy groups -OCH3 is 1. The van der Waals surface area contributed by atoms with Crippen molar-refractivity contribution >= 4 is 5.97 Å². The fourth-order valence-electron chi connectivity index (χ4n) is 0.487. The van der Waals surface area contributed by atoms with Gasteiger partial charge in [0.2, 0.25) is 0 Å². The summed E-state index contributed by atoms with van der Waals surface area (Å²) in [6, 6.07) is 0. The van der Waals surface area contributed by atoms with E-state index in [0.29, 0.717) is 12.4 Å². The van der Waals surface area contributed by atoms with Gasteiger partial charge in [-0.1, -0.05) is 0 Å². The third-order valence-electron chi connectivity index (χ3n) is 0.851. The maximum Gasteiger partial charge on any atom is 0.317 e. The minimum Gasteiger partial charge on any atom is -0.469 e. The molecule has 0 aromatic rings. The van der Waals surface area contributed by atoms with Crippen molar-refractivity contribution in [3.05, 3.63) is 12.0 Å². The molecule has 0 saturated heterocycles. The molecule has 0 N–H and O–H groups in total. The summed E-state index contributed by atoms with van der Waals surface area (Å²) < 4.78 is 9.11. The summed E-state index contributed by atoms with van der Waals surface area (Å²) >= 11 is 0. The number of hydrogen-bond acceptors (Lipinski definition) is 3. The van der Waals surface area contributed by atoms with Crippen LogP contribution in [0.3, 0.4) is 0 Å². The van der Waals surface area contributed by atoms with Gasteiger partial charge in [-0.05, 0) is 0 Å². The second kappa shape index (κ2) is 1.86. The lowest BCUT2D eigenvalue weighted by atomic mass is 10.5. The van der Waals surface area contributed by atoms with Crippen molar-refractivity contribution in [2.24, 2.45) is 0 Å². The van der Waals surface area contributed by atoms with Crippen molar-refractivity contribution in [1.82, 2.24) is 0 Å². The van der Waals surface area contributed by atoms with Gasteiger partial charge in [-0.25, -0.2) is 0 Å². The molecule has 0 atom stereocenters. The van der Waals surface area contributed by atoms with Gasteiger partial charge >= 0.3 is 5.97 Å². The lowest BCUT2D eigenvalue weighted by Gasteiger charge is -1.95. The largest absolute Gasteiger partial charge is 0.469 e. The van der Waals surface area contributed by atoms with Gasteiger partial charge in [0.15, 0.2) is 0 Å². The average molecular weight is 114 g/mol. The molecule has 0 radical (unpaired) electrons. The van der Waals surface area contributed by atoms with Crippen LogP contribution in [0.2, 0.25) is 0 Å². The zero-order chi connectivity index (χ0) is 5.98. The lowest BCUT2D eigenvalue weighted by molar-refractivity contribution is -0.140. The highest BCUT2D eigenvalue weighted by Crippen LogP contribution is 2.09. The van der Waals surface area contributed by atoms with Crippen molar-refractivity contribution in [2.75, 3.05) is 7.11 Å². The quantitative estimate of drug-likeness (QED) is 0.463. The van der Waals surface area contributed by atoms with Crippen molar-refractivity contribution in [2.45, 2.75) is 6.42 Å². The standard InChI is InChI=1S/C5H6O3/c1-7-5-3-2-4(6)8-5/h3H,2H2,1H3. The van der Waals surface area contributed by atoms with Crippen LogP contribution in [0.15, 0.2) is 12.0 Å². The molecule has 1 aliphatic heterocycles. The zero-order valence-electron chi connectivity index (χ0n) is 4.51. The normalized spacial score (nSPS) is 17.6. The molecule has 1 heterocycles. The minimum absolute atomic E-state index is 0.248. The summed E-state index contributed by atoms with van der Waals surface area (Å²) in [6.07, 6.45) is 1.94. The molecule has 1 rings (SSSR count). The van der Waals surface area contributed by atoms with Crippen molar-refractivity contribution < 1.29 is 14.3 Å². The van der Waals surface area contributed by atoms with Crippen molar-refractivity contribution in [3.8, 4) is 0 Å². The van der Waals surface area contributed by atoms with E-state index in [-0.39, 0.29) is 5.97 Å². The number of carbonyl (C=O) groups is 1. The maximum absolute atomic E-state index is 10.3. The molecule has 0 aliphatic carbocycles. The van der Waals surface area contributed by atoms with Crippen LogP contribution in [-0.4, -0.2) is 13.1 Å². The van der Waals surface area contributed by atoms with Gasteiger partial charge in [-0.3, -0.25) is 4.79 Å². The molecule has 1 aliphatic rings. The molecular formula is C5H6O3. The molecule has 0 fully saturated rings. The zero-order valence-corrected chi connectivity index (χ0v) is 4.51. The first-order valence-electron chi connectivity index (χ1n) is 2.28. The van der Waals surface area contributed by atoms with Crippen LogP contribution >= 0.6 is 0 Å². The third kappa shape index (κ3) is 0.804. The van der Waals surface area contributed by atoms with Gasteiger partial charge in [0.05, 0.1) is 13.5 Å². The number of carbonyl (C=O) groups excluding carboxylic acids is 1. The highest BCUT2D eigenvalue weighted by molar-refractivity contribution is 5.74. The molecule has 0 aromatic heterocycles. The predicted octanol–water partition coefficient (Wildman–Crippen LogP) is 0.421.